The summed E-state index contributed by atoms with van der Waals surface area (Å²) in [6.45, 7) is 10.2. The van der Waals surface area contributed by atoms with Crippen LogP contribution in [0.15, 0.2) is 22.7 Å². The van der Waals surface area contributed by atoms with E-state index in [1.54, 1.807) is 7.11 Å². The van der Waals surface area contributed by atoms with E-state index in [4.69, 9.17) is 4.74 Å². The number of nitrogens with zero attached hydrogens (tertiary/aromatic N) is 1. The highest BCUT2D eigenvalue weighted by atomic mass is 79.9. The zero-order valence-corrected chi connectivity index (χ0v) is 15.4. The minimum Gasteiger partial charge on any atom is -0.383 e. The van der Waals surface area contributed by atoms with E-state index >= 15 is 0 Å². The van der Waals surface area contributed by atoms with Crippen LogP contribution in [0.1, 0.15) is 39.2 Å². The van der Waals surface area contributed by atoms with E-state index in [9.17, 15) is 0 Å². The van der Waals surface area contributed by atoms with E-state index in [1.807, 2.05) is 0 Å². The Labute approximate surface area is 138 Å². The lowest BCUT2D eigenvalue weighted by molar-refractivity contribution is 0.202. The highest BCUT2D eigenvalue weighted by Gasteiger charge is 2.16. The standard InChI is InChI=1S/C17H29BrN2O/c1-5-15(6-2)20(10-11-21-4)16-9-8-14(13-19-7-3)17(18)12-16/h8-9,12,15,19H,5-7,10-11,13H2,1-4H3. The highest BCUT2D eigenvalue weighted by Crippen LogP contribution is 2.27. The molecule has 120 valence electrons. The number of benzene rings is 1. The lowest BCUT2D eigenvalue weighted by Crippen LogP contribution is -2.37. The van der Waals surface area contributed by atoms with Crippen molar-refractivity contribution in [2.24, 2.45) is 0 Å². The summed E-state index contributed by atoms with van der Waals surface area (Å²) in [7, 11) is 1.76. The first-order valence-electron chi connectivity index (χ1n) is 7.92. The van der Waals surface area contributed by atoms with Gasteiger partial charge in [-0.05, 0) is 37.1 Å². The Morgan fingerprint density at radius 2 is 1.95 bits per heavy atom. The second kappa shape index (κ2) is 10.2. The third-order valence-corrected chi connectivity index (χ3v) is 4.59. The maximum absolute atomic E-state index is 5.28. The number of anilines is 1. The minimum atomic E-state index is 0.562. The van der Waals surface area contributed by atoms with Crippen LogP contribution in [0.3, 0.4) is 0 Å². The van der Waals surface area contributed by atoms with Crippen LogP contribution in [0.2, 0.25) is 0 Å². The SMILES string of the molecule is CCNCc1ccc(N(CCOC)C(CC)CC)cc1Br. The van der Waals surface area contributed by atoms with Gasteiger partial charge in [-0.2, -0.15) is 0 Å². The summed E-state index contributed by atoms with van der Waals surface area (Å²) in [5, 5.41) is 3.37. The molecule has 0 atom stereocenters. The maximum Gasteiger partial charge on any atom is 0.0637 e. The highest BCUT2D eigenvalue weighted by molar-refractivity contribution is 9.10. The summed E-state index contributed by atoms with van der Waals surface area (Å²) < 4.78 is 6.45. The number of halogens is 1. The maximum atomic E-state index is 5.28. The zero-order chi connectivity index (χ0) is 15.7. The van der Waals surface area contributed by atoms with Crippen LogP contribution in [0, 0.1) is 0 Å². The van der Waals surface area contributed by atoms with E-state index in [-0.39, 0.29) is 0 Å². The van der Waals surface area contributed by atoms with Gasteiger partial charge in [-0.15, -0.1) is 0 Å². The third-order valence-electron chi connectivity index (χ3n) is 3.85. The van der Waals surface area contributed by atoms with Gasteiger partial charge in [0, 0.05) is 36.4 Å². The molecule has 0 aliphatic carbocycles. The van der Waals surface area contributed by atoms with Gasteiger partial charge < -0.3 is 15.0 Å². The van der Waals surface area contributed by atoms with Crippen LogP contribution >= 0.6 is 15.9 Å². The molecule has 21 heavy (non-hydrogen) atoms. The summed E-state index contributed by atoms with van der Waals surface area (Å²) in [5.41, 5.74) is 2.57. The van der Waals surface area contributed by atoms with Crippen molar-refractivity contribution < 1.29 is 4.74 Å². The topological polar surface area (TPSA) is 24.5 Å². The molecule has 0 saturated carbocycles. The predicted molar refractivity (Wildman–Crippen MR) is 95.1 cm³/mol. The number of rotatable bonds is 10. The average Bonchev–Trinajstić information content (AvgIpc) is 2.50. The molecule has 0 unspecified atom stereocenters. The average molecular weight is 357 g/mol. The first-order valence-corrected chi connectivity index (χ1v) is 8.71. The van der Waals surface area contributed by atoms with Gasteiger partial charge in [0.25, 0.3) is 0 Å². The number of hydrogen-bond acceptors (Lipinski definition) is 3. The molecule has 1 aromatic carbocycles. The number of hydrogen-bond donors (Lipinski definition) is 1. The lowest BCUT2D eigenvalue weighted by atomic mass is 10.1. The van der Waals surface area contributed by atoms with Crippen molar-refractivity contribution in [1.29, 1.82) is 0 Å². The van der Waals surface area contributed by atoms with Gasteiger partial charge in [0.05, 0.1) is 6.61 Å². The van der Waals surface area contributed by atoms with Crippen molar-refractivity contribution in [3.8, 4) is 0 Å². The lowest BCUT2D eigenvalue weighted by Gasteiger charge is -2.33. The van der Waals surface area contributed by atoms with Gasteiger partial charge in [0.2, 0.25) is 0 Å². The van der Waals surface area contributed by atoms with Gasteiger partial charge in [-0.1, -0.05) is 42.8 Å². The molecule has 0 radical (unpaired) electrons. The van der Waals surface area contributed by atoms with Crippen LogP contribution in [0.25, 0.3) is 0 Å². The fraction of sp³-hybridized carbons (Fsp3) is 0.647. The third kappa shape index (κ3) is 5.61. The summed E-state index contributed by atoms with van der Waals surface area (Å²) in [6, 6.07) is 7.24. The molecule has 4 heteroatoms. The molecular weight excluding hydrogens is 328 g/mol. The zero-order valence-electron chi connectivity index (χ0n) is 13.8. The number of methoxy groups -OCH3 is 1. The predicted octanol–water partition coefficient (Wildman–Crippen LogP) is 4.20. The minimum absolute atomic E-state index is 0.562. The molecule has 1 rings (SSSR count). The first-order chi connectivity index (χ1) is 10.2. The second-order valence-electron chi connectivity index (χ2n) is 5.21. The van der Waals surface area contributed by atoms with Crippen LogP contribution in [0.5, 0.6) is 0 Å². The van der Waals surface area contributed by atoms with Gasteiger partial charge in [-0.25, -0.2) is 0 Å². The fourth-order valence-corrected chi connectivity index (χ4v) is 3.07. The molecular formula is C17H29BrN2O. The van der Waals surface area contributed by atoms with Crippen molar-refractivity contribution in [2.45, 2.75) is 46.2 Å². The molecule has 0 heterocycles. The summed E-state index contributed by atoms with van der Waals surface area (Å²) in [5.74, 6) is 0. The Morgan fingerprint density at radius 1 is 1.24 bits per heavy atom. The fourth-order valence-electron chi connectivity index (χ4n) is 2.56. The quantitative estimate of drug-likeness (QED) is 0.679. The summed E-state index contributed by atoms with van der Waals surface area (Å²) >= 11 is 3.71. The van der Waals surface area contributed by atoms with Crippen molar-refractivity contribution in [2.75, 3.05) is 31.7 Å². The van der Waals surface area contributed by atoms with Gasteiger partial charge in [0.15, 0.2) is 0 Å². The Kier molecular flexibility index (Phi) is 8.97. The van der Waals surface area contributed by atoms with E-state index in [0.29, 0.717) is 6.04 Å². The van der Waals surface area contributed by atoms with Crippen LogP contribution in [-0.2, 0) is 11.3 Å². The Hall–Kier alpha value is -0.580. The van der Waals surface area contributed by atoms with Gasteiger partial charge in [0.1, 0.15) is 0 Å². The molecule has 0 spiro atoms. The van der Waals surface area contributed by atoms with Crippen molar-refractivity contribution in [3.63, 3.8) is 0 Å². The Balaban J connectivity index is 2.93. The van der Waals surface area contributed by atoms with Crippen LogP contribution < -0.4 is 10.2 Å². The van der Waals surface area contributed by atoms with Crippen LogP contribution in [-0.4, -0.2) is 32.8 Å². The normalized spacial score (nSPS) is 11.1. The molecule has 3 nitrogen and oxygen atoms in total. The molecule has 0 bridgehead atoms. The smallest absolute Gasteiger partial charge is 0.0637 e. The van der Waals surface area contributed by atoms with E-state index in [1.165, 1.54) is 15.7 Å². The molecule has 0 fully saturated rings. The molecule has 0 amide bonds. The van der Waals surface area contributed by atoms with E-state index < -0.39 is 0 Å². The first kappa shape index (κ1) is 18.5. The Morgan fingerprint density at radius 3 is 2.48 bits per heavy atom. The van der Waals surface area contributed by atoms with Crippen LogP contribution in [0.4, 0.5) is 5.69 Å². The van der Waals surface area contributed by atoms with E-state index in [2.05, 4.69) is 65.1 Å². The molecule has 0 aromatic heterocycles. The molecule has 1 aromatic rings. The molecule has 0 saturated heterocycles. The van der Waals surface area contributed by atoms with Gasteiger partial charge in [-0.3, -0.25) is 0 Å². The van der Waals surface area contributed by atoms with Crippen molar-refractivity contribution >= 4 is 21.6 Å². The molecule has 0 aliphatic heterocycles. The molecule has 0 aliphatic rings. The molecule has 1 N–H and O–H groups in total. The summed E-state index contributed by atoms with van der Waals surface area (Å²) in [6.07, 6.45) is 2.30. The van der Waals surface area contributed by atoms with Gasteiger partial charge >= 0.3 is 0 Å². The number of nitrogens with one attached hydrogen (secondary N) is 1. The Bertz CT molecular complexity index is 408. The van der Waals surface area contributed by atoms with Crippen molar-refractivity contribution in [1.82, 2.24) is 5.32 Å². The largest absolute Gasteiger partial charge is 0.383 e. The van der Waals surface area contributed by atoms with E-state index in [0.717, 1.165) is 39.1 Å². The number of ether oxygens (including phenoxy) is 1. The monoisotopic (exact) mass is 356 g/mol. The summed E-state index contributed by atoms with van der Waals surface area (Å²) in [4.78, 5) is 2.46. The van der Waals surface area contributed by atoms with Crippen molar-refractivity contribution in [3.05, 3.63) is 28.2 Å². The second-order valence-corrected chi connectivity index (χ2v) is 6.07.